The number of nitrogens with one attached hydrogen (secondary N) is 2. The third-order valence-corrected chi connectivity index (χ3v) is 6.40. The summed E-state index contributed by atoms with van der Waals surface area (Å²) in [4.78, 5) is 17.8. The van der Waals surface area contributed by atoms with Crippen LogP contribution < -0.4 is 15.4 Å². The summed E-state index contributed by atoms with van der Waals surface area (Å²) in [7, 11) is 0. The van der Waals surface area contributed by atoms with Gasteiger partial charge in [0.2, 0.25) is 0 Å². The van der Waals surface area contributed by atoms with Crippen LogP contribution in [0.2, 0.25) is 5.02 Å². The molecule has 33 heavy (non-hydrogen) atoms. The smallest absolute Gasteiger partial charge is 0.163 e. The summed E-state index contributed by atoms with van der Waals surface area (Å²) in [6.07, 6.45) is 3.03. The van der Waals surface area contributed by atoms with Gasteiger partial charge in [-0.05, 0) is 47.2 Å². The number of pyridine rings is 1. The number of nitrogens with zero attached hydrogens (tertiary/aromatic N) is 1. The zero-order chi connectivity index (χ0) is 23.0. The molecule has 1 atom stereocenters. The fourth-order valence-electron chi connectivity index (χ4n) is 4.57. The molecule has 0 spiro atoms. The molecule has 0 bridgehead atoms. The molecule has 0 amide bonds. The van der Waals surface area contributed by atoms with E-state index in [1.165, 1.54) is 0 Å². The van der Waals surface area contributed by atoms with Crippen molar-refractivity contribution in [1.82, 2.24) is 4.98 Å². The average Bonchev–Trinajstić information content (AvgIpc) is 2.94. The van der Waals surface area contributed by atoms with Gasteiger partial charge < -0.3 is 15.4 Å². The minimum absolute atomic E-state index is 0.104. The average molecular weight is 460 g/mol. The van der Waals surface area contributed by atoms with Gasteiger partial charge in [-0.25, -0.2) is 4.98 Å². The number of allylic oxidation sites excluding steroid dienone is 1. The molecule has 2 aliphatic rings. The largest absolute Gasteiger partial charge is 0.487 e. The van der Waals surface area contributed by atoms with Gasteiger partial charge in [0.25, 0.3) is 0 Å². The zero-order valence-corrected chi connectivity index (χ0v) is 19.4. The molecule has 0 fully saturated rings. The fourth-order valence-corrected chi connectivity index (χ4v) is 4.82. The van der Waals surface area contributed by atoms with Crippen LogP contribution in [0.4, 0.5) is 11.5 Å². The van der Waals surface area contributed by atoms with Crippen molar-refractivity contribution in [3.63, 3.8) is 0 Å². The monoisotopic (exact) mass is 459 g/mol. The van der Waals surface area contributed by atoms with E-state index < -0.39 is 0 Å². The van der Waals surface area contributed by atoms with Crippen molar-refractivity contribution in [3.05, 3.63) is 94.3 Å². The van der Waals surface area contributed by atoms with Gasteiger partial charge in [-0.1, -0.05) is 61.8 Å². The van der Waals surface area contributed by atoms with Gasteiger partial charge in [0.1, 0.15) is 18.2 Å². The van der Waals surface area contributed by atoms with Crippen LogP contribution in [0.15, 0.2) is 78.1 Å². The molecular formula is C27H26ClN3O2. The first-order valence-electron chi connectivity index (χ1n) is 11.1. The van der Waals surface area contributed by atoms with Gasteiger partial charge in [0.05, 0.1) is 16.8 Å². The summed E-state index contributed by atoms with van der Waals surface area (Å²) in [6, 6.07) is 19.2. The fraction of sp³-hybridized carbons (Fsp3) is 0.259. The normalized spacial score (nSPS) is 19.0. The topological polar surface area (TPSA) is 63.2 Å². The minimum atomic E-state index is -0.354. The number of halogens is 1. The highest BCUT2D eigenvalue weighted by molar-refractivity contribution is 6.32. The molecule has 1 unspecified atom stereocenters. The lowest BCUT2D eigenvalue weighted by Gasteiger charge is -2.34. The summed E-state index contributed by atoms with van der Waals surface area (Å²) >= 11 is 6.63. The molecule has 5 nitrogen and oxygen atoms in total. The molecule has 2 N–H and O–H groups in total. The number of aromatic nitrogens is 1. The highest BCUT2D eigenvalue weighted by Gasteiger charge is 2.39. The van der Waals surface area contributed by atoms with Crippen molar-refractivity contribution in [2.45, 2.75) is 39.3 Å². The Hall–Kier alpha value is -3.31. The number of carbonyl (C=O) groups is 1. The van der Waals surface area contributed by atoms with Crippen molar-refractivity contribution >= 4 is 28.9 Å². The molecule has 1 aliphatic carbocycles. The maximum atomic E-state index is 13.3. The number of hydrogen-bond donors (Lipinski definition) is 2. The third kappa shape index (κ3) is 4.46. The van der Waals surface area contributed by atoms with Gasteiger partial charge in [0, 0.05) is 23.9 Å². The molecule has 0 radical (unpaired) electrons. The minimum Gasteiger partial charge on any atom is -0.487 e. The van der Waals surface area contributed by atoms with Crippen LogP contribution >= 0.6 is 11.6 Å². The number of hydrogen-bond acceptors (Lipinski definition) is 5. The van der Waals surface area contributed by atoms with Crippen LogP contribution in [-0.2, 0) is 11.4 Å². The van der Waals surface area contributed by atoms with Gasteiger partial charge in [-0.15, -0.1) is 0 Å². The molecule has 0 saturated heterocycles. The second-order valence-corrected chi connectivity index (χ2v) is 9.81. The predicted molar refractivity (Wildman–Crippen MR) is 131 cm³/mol. The molecule has 2 aromatic carbocycles. The maximum Gasteiger partial charge on any atom is 0.163 e. The van der Waals surface area contributed by atoms with Crippen LogP contribution in [-0.4, -0.2) is 10.8 Å². The molecular weight excluding hydrogens is 434 g/mol. The number of anilines is 2. The molecule has 0 saturated carbocycles. The Morgan fingerprint density at radius 3 is 2.70 bits per heavy atom. The summed E-state index contributed by atoms with van der Waals surface area (Å²) < 4.78 is 5.95. The molecule has 2 heterocycles. The Morgan fingerprint density at radius 1 is 1.09 bits per heavy atom. The number of fused-ring (bicyclic) bond motifs is 1. The number of benzene rings is 2. The van der Waals surface area contributed by atoms with Crippen LogP contribution in [0.3, 0.4) is 0 Å². The second kappa shape index (κ2) is 8.56. The van der Waals surface area contributed by atoms with Crippen molar-refractivity contribution in [2.75, 3.05) is 10.6 Å². The highest BCUT2D eigenvalue weighted by atomic mass is 35.5. The molecule has 3 aromatic rings. The first-order chi connectivity index (χ1) is 15.9. The van der Waals surface area contributed by atoms with Crippen molar-refractivity contribution in [1.29, 1.82) is 0 Å². The quantitative estimate of drug-likeness (QED) is 0.464. The van der Waals surface area contributed by atoms with Crippen molar-refractivity contribution < 1.29 is 9.53 Å². The first-order valence-corrected chi connectivity index (χ1v) is 11.5. The van der Waals surface area contributed by atoms with E-state index in [1.807, 2.05) is 60.7 Å². The Morgan fingerprint density at radius 2 is 1.91 bits per heavy atom. The molecule has 168 valence electrons. The lowest BCUT2D eigenvalue weighted by molar-refractivity contribution is -0.118. The summed E-state index contributed by atoms with van der Waals surface area (Å²) in [5, 5.41) is 7.48. The second-order valence-electron chi connectivity index (χ2n) is 9.40. The van der Waals surface area contributed by atoms with Crippen molar-refractivity contribution in [2.24, 2.45) is 5.41 Å². The SMILES string of the molecule is CC1(C)CC(=O)C2=C(C1)Nc1cccnc1NC2c1ccc(OCc2ccccc2)c(Cl)c1. The molecule has 1 aliphatic heterocycles. The van der Waals surface area contributed by atoms with E-state index in [-0.39, 0.29) is 17.2 Å². The maximum absolute atomic E-state index is 13.3. The summed E-state index contributed by atoms with van der Waals surface area (Å²) in [5.74, 6) is 1.46. The Bertz CT molecular complexity index is 1240. The van der Waals surface area contributed by atoms with Gasteiger partial charge >= 0.3 is 0 Å². The first kappa shape index (κ1) is 21.5. The summed E-state index contributed by atoms with van der Waals surface area (Å²) in [6.45, 7) is 4.69. The van der Waals surface area contributed by atoms with E-state index in [0.29, 0.717) is 29.6 Å². The van der Waals surface area contributed by atoms with E-state index in [1.54, 1.807) is 6.20 Å². The number of ether oxygens (including phenoxy) is 1. The van der Waals surface area contributed by atoms with E-state index >= 15 is 0 Å². The number of ketones is 1. The van der Waals surface area contributed by atoms with Gasteiger partial charge in [-0.2, -0.15) is 0 Å². The Labute approximate surface area is 198 Å². The molecule has 6 heteroatoms. The predicted octanol–water partition coefficient (Wildman–Crippen LogP) is 6.54. The third-order valence-electron chi connectivity index (χ3n) is 6.11. The number of rotatable bonds is 4. The Kier molecular flexibility index (Phi) is 5.59. The number of Topliss-reactive ketones (excluding diaryl/α,β-unsaturated/α-hetero) is 1. The van der Waals surface area contributed by atoms with Crippen LogP contribution in [0.5, 0.6) is 5.75 Å². The van der Waals surface area contributed by atoms with Crippen LogP contribution in [0, 0.1) is 5.41 Å². The molecule has 5 rings (SSSR count). The molecule has 1 aromatic heterocycles. The highest BCUT2D eigenvalue weighted by Crippen LogP contribution is 2.45. The van der Waals surface area contributed by atoms with E-state index in [4.69, 9.17) is 16.3 Å². The van der Waals surface area contributed by atoms with E-state index in [9.17, 15) is 4.79 Å². The lowest BCUT2D eigenvalue weighted by atomic mass is 9.73. The van der Waals surface area contributed by atoms with E-state index in [2.05, 4.69) is 29.5 Å². The lowest BCUT2D eigenvalue weighted by Crippen LogP contribution is -2.31. The van der Waals surface area contributed by atoms with Crippen LogP contribution in [0.1, 0.15) is 43.9 Å². The van der Waals surface area contributed by atoms with Crippen LogP contribution in [0.25, 0.3) is 0 Å². The van der Waals surface area contributed by atoms with Gasteiger partial charge in [-0.3, -0.25) is 4.79 Å². The zero-order valence-electron chi connectivity index (χ0n) is 18.7. The van der Waals surface area contributed by atoms with Gasteiger partial charge in [0.15, 0.2) is 5.78 Å². The van der Waals surface area contributed by atoms with E-state index in [0.717, 1.165) is 34.5 Å². The van der Waals surface area contributed by atoms with Crippen molar-refractivity contribution in [3.8, 4) is 5.75 Å². The number of carbonyl (C=O) groups excluding carboxylic acids is 1. The Balaban J connectivity index is 1.50. The standard InChI is InChI=1S/C27H26ClN3O2/c1-27(2)14-21-24(22(32)15-27)25(31-26-20(30-21)9-6-12-29-26)18-10-11-23(19(28)13-18)33-16-17-7-4-3-5-8-17/h3-13,25,30H,14-16H2,1-2H3,(H,29,31). The summed E-state index contributed by atoms with van der Waals surface area (Å²) in [5.41, 5.74) is 4.43.